The molecule has 2 N–H and O–H groups in total. The molecule has 0 bridgehead atoms. The summed E-state index contributed by atoms with van der Waals surface area (Å²) in [4.78, 5) is 4.28. The van der Waals surface area contributed by atoms with E-state index in [2.05, 4.69) is 26.0 Å². The van der Waals surface area contributed by atoms with Gasteiger partial charge in [0.25, 0.3) is 0 Å². The Hall–Kier alpha value is -1.01. The van der Waals surface area contributed by atoms with E-state index in [0.29, 0.717) is 0 Å². The molecule has 2 aromatic heterocycles. The molecule has 0 unspecified atom stereocenters. The largest absolute Gasteiger partial charge is 0.395 e. The van der Waals surface area contributed by atoms with Crippen molar-refractivity contribution in [3.63, 3.8) is 0 Å². The number of halogens is 1. The molecule has 0 spiro atoms. The van der Waals surface area contributed by atoms with Gasteiger partial charge in [-0.3, -0.25) is 4.68 Å². The number of rotatable bonds is 2. The van der Waals surface area contributed by atoms with E-state index < -0.39 is 0 Å². The zero-order valence-electron chi connectivity index (χ0n) is 8.94. The summed E-state index contributed by atoms with van der Waals surface area (Å²) < 4.78 is 2.74. The molecule has 0 atom stereocenters. The second-order valence-corrected chi connectivity index (χ2v) is 5.27. The fourth-order valence-corrected chi connectivity index (χ4v) is 2.40. The smallest absolute Gasteiger partial charge is 0.123 e. The molecule has 0 aliphatic heterocycles. The van der Waals surface area contributed by atoms with Crippen molar-refractivity contribution in [2.24, 2.45) is 7.05 Å². The van der Waals surface area contributed by atoms with Gasteiger partial charge >= 0.3 is 0 Å². The second-order valence-electron chi connectivity index (χ2n) is 3.34. The van der Waals surface area contributed by atoms with E-state index in [4.69, 9.17) is 5.73 Å². The Bertz CT molecular complexity index is 506. The second kappa shape index (κ2) is 4.47. The van der Waals surface area contributed by atoms with Crippen molar-refractivity contribution in [2.45, 2.75) is 17.0 Å². The van der Waals surface area contributed by atoms with Crippen LogP contribution in [-0.4, -0.2) is 14.8 Å². The van der Waals surface area contributed by atoms with E-state index >= 15 is 0 Å². The van der Waals surface area contributed by atoms with Crippen molar-refractivity contribution in [2.75, 3.05) is 5.73 Å². The van der Waals surface area contributed by atoms with Crippen molar-refractivity contribution in [1.82, 2.24) is 14.8 Å². The fraction of sp³-hybridized carbons (Fsp3) is 0.200. The molecule has 0 fully saturated rings. The predicted molar refractivity (Wildman–Crippen MR) is 68.4 cm³/mol. The van der Waals surface area contributed by atoms with Crippen LogP contribution >= 0.6 is 27.7 Å². The highest BCUT2D eigenvalue weighted by molar-refractivity contribution is 9.10. The number of hydrogen-bond donors (Lipinski definition) is 1. The van der Waals surface area contributed by atoms with Crippen LogP contribution in [0.4, 0.5) is 5.69 Å². The van der Waals surface area contributed by atoms with Gasteiger partial charge in [0.1, 0.15) is 10.1 Å². The minimum Gasteiger partial charge on any atom is -0.395 e. The lowest BCUT2D eigenvalue weighted by atomic mass is 10.4. The summed E-state index contributed by atoms with van der Waals surface area (Å²) in [6, 6.07) is 3.89. The molecule has 0 saturated carbocycles. The molecule has 84 valence electrons. The van der Waals surface area contributed by atoms with Gasteiger partial charge in [-0.15, -0.1) is 0 Å². The lowest BCUT2D eigenvalue weighted by molar-refractivity contribution is 0.693. The molecule has 2 aromatic rings. The summed E-state index contributed by atoms with van der Waals surface area (Å²) in [5.74, 6) is 0. The molecule has 0 aliphatic rings. The van der Waals surface area contributed by atoms with Gasteiger partial charge in [0.05, 0.1) is 11.4 Å². The van der Waals surface area contributed by atoms with Crippen LogP contribution in [-0.2, 0) is 7.05 Å². The van der Waals surface area contributed by atoms with Gasteiger partial charge in [-0.25, -0.2) is 4.98 Å². The first-order valence-corrected chi connectivity index (χ1v) is 6.27. The van der Waals surface area contributed by atoms with Gasteiger partial charge in [0.2, 0.25) is 0 Å². The minimum atomic E-state index is 0.720. The maximum Gasteiger partial charge on any atom is 0.123 e. The molecule has 2 heterocycles. The first kappa shape index (κ1) is 11.5. The van der Waals surface area contributed by atoms with Crippen LogP contribution in [0.3, 0.4) is 0 Å². The van der Waals surface area contributed by atoms with Gasteiger partial charge in [-0.05, 0) is 46.7 Å². The van der Waals surface area contributed by atoms with Crippen LogP contribution in [0.1, 0.15) is 5.69 Å². The summed E-state index contributed by atoms with van der Waals surface area (Å²) >= 11 is 4.86. The minimum absolute atomic E-state index is 0.720. The zero-order chi connectivity index (χ0) is 11.7. The van der Waals surface area contributed by atoms with Crippen LogP contribution in [0, 0.1) is 6.92 Å². The Morgan fingerprint density at radius 1 is 1.44 bits per heavy atom. The van der Waals surface area contributed by atoms with Gasteiger partial charge < -0.3 is 5.73 Å². The van der Waals surface area contributed by atoms with Gasteiger partial charge in [-0.2, -0.15) is 5.10 Å². The summed E-state index contributed by atoms with van der Waals surface area (Å²) in [5, 5.41) is 6.08. The van der Waals surface area contributed by atoms with Crippen LogP contribution in [0.15, 0.2) is 32.9 Å². The van der Waals surface area contributed by atoms with Gasteiger partial charge in [0.15, 0.2) is 0 Å². The van der Waals surface area contributed by atoms with E-state index in [1.807, 2.05) is 26.1 Å². The number of hydrogen-bond acceptors (Lipinski definition) is 4. The number of aryl methyl sites for hydroxylation is 2. The molecule has 6 heteroatoms. The summed E-state index contributed by atoms with van der Waals surface area (Å²) in [7, 11) is 1.88. The fourth-order valence-electron chi connectivity index (χ4n) is 1.30. The molecule has 2 rings (SSSR count). The van der Waals surface area contributed by atoms with Crippen LogP contribution < -0.4 is 5.73 Å². The first-order chi connectivity index (χ1) is 7.58. The highest BCUT2D eigenvalue weighted by atomic mass is 79.9. The van der Waals surface area contributed by atoms with E-state index in [0.717, 1.165) is 25.9 Å². The molecule has 0 aromatic carbocycles. The molecule has 4 nitrogen and oxygen atoms in total. The maximum absolute atomic E-state index is 5.94. The zero-order valence-corrected chi connectivity index (χ0v) is 11.3. The monoisotopic (exact) mass is 298 g/mol. The normalized spacial score (nSPS) is 10.7. The van der Waals surface area contributed by atoms with Crippen LogP contribution in [0.5, 0.6) is 0 Å². The van der Waals surface area contributed by atoms with E-state index in [-0.39, 0.29) is 0 Å². The standard InChI is InChI=1S/C10H11BrN4S/c1-6-9(12)10(15(2)14-6)16-8-4-3-7(11)5-13-8/h3-5H,12H2,1-2H3. The number of nitrogens with zero attached hydrogens (tertiary/aromatic N) is 3. The number of anilines is 1. The topological polar surface area (TPSA) is 56.7 Å². The molecular weight excluding hydrogens is 288 g/mol. The van der Waals surface area contributed by atoms with E-state index in [9.17, 15) is 0 Å². The number of nitrogens with two attached hydrogens (primary N) is 1. The maximum atomic E-state index is 5.94. The molecule has 0 aliphatic carbocycles. The molecule has 0 saturated heterocycles. The third kappa shape index (κ3) is 2.22. The van der Waals surface area contributed by atoms with Crippen molar-refractivity contribution in [1.29, 1.82) is 0 Å². The van der Waals surface area contributed by atoms with Gasteiger partial charge in [0, 0.05) is 17.7 Å². The average molecular weight is 299 g/mol. The lowest BCUT2D eigenvalue weighted by Gasteiger charge is -2.02. The SMILES string of the molecule is Cc1nn(C)c(Sc2ccc(Br)cn2)c1N. The van der Waals surface area contributed by atoms with E-state index in [1.165, 1.54) is 11.8 Å². The third-order valence-electron chi connectivity index (χ3n) is 2.12. The summed E-state index contributed by atoms with van der Waals surface area (Å²) in [6.45, 7) is 1.90. The van der Waals surface area contributed by atoms with Crippen molar-refractivity contribution >= 4 is 33.4 Å². The highest BCUT2D eigenvalue weighted by Crippen LogP contribution is 2.32. The third-order valence-corrected chi connectivity index (χ3v) is 3.71. The number of pyridine rings is 1. The van der Waals surface area contributed by atoms with Crippen molar-refractivity contribution in [3.8, 4) is 0 Å². The molecule has 16 heavy (non-hydrogen) atoms. The van der Waals surface area contributed by atoms with Crippen LogP contribution in [0.2, 0.25) is 0 Å². The van der Waals surface area contributed by atoms with Crippen molar-refractivity contribution in [3.05, 3.63) is 28.5 Å². The van der Waals surface area contributed by atoms with Crippen LogP contribution in [0.25, 0.3) is 0 Å². The van der Waals surface area contributed by atoms with Crippen molar-refractivity contribution < 1.29 is 0 Å². The Labute approximate surface area is 106 Å². The highest BCUT2D eigenvalue weighted by Gasteiger charge is 2.11. The Balaban J connectivity index is 2.30. The Morgan fingerprint density at radius 3 is 2.69 bits per heavy atom. The molecule has 0 amide bonds. The molecular formula is C10H11BrN4S. The quantitative estimate of drug-likeness (QED) is 0.926. The average Bonchev–Trinajstić information content (AvgIpc) is 2.48. The predicted octanol–water partition coefficient (Wildman–Crippen LogP) is 2.62. The number of aromatic nitrogens is 3. The molecule has 0 radical (unpaired) electrons. The van der Waals surface area contributed by atoms with E-state index in [1.54, 1.807) is 10.9 Å². The summed E-state index contributed by atoms with van der Waals surface area (Å²) in [6.07, 6.45) is 1.77. The lowest BCUT2D eigenvalue weighted by Crippen LogP contribution is -1.94. The number of nitrogen functional groups attached to an aromatic ring is 1. The van der Waals surface area contributed by atoms with Gasteiger partial charge in [-0.1, -0.05) is 0 Å². The summed E-state index contributed by atoms with van der Waals surface area (Å²) in [5.41, 5.74) is 7.51. The Morgan fingerprint density at radius 2 is 2.19 bits per heavy atom. The first-order valence-electron chi connectivity index (χ1n) is 4.66. The Kier molecular flexibility index (Phi) is 3.20.